The summed E-state index contributed by atoms with van der Waals surface area (Å²) in [7, 11) is 1.80. The minimum Gasteiger partial charge on any atom is -0.399 e. The summed E-state index contributed by atoms with van der Waals surface area (Å²) >= 11 is 6.06. The van der Waals surface area contributed by atoms with Gasteiger partial charge in [0, 0.05) is 25.9 Å². The maximum absolute atomic E-state index is 12.3. The van der Waals surface area contributed by atoms with Crippen LogP contribution in [0.15, 0.2) is 18.2 Å². The molecule has 1 atom stereocenters. The van der Waals surface area contributed by atoms with Crippen molar-refractivity contribution in [2.75, 3.05) is 32.5 Å². The van der Waals surface area contributed by atoms with E-state index in [0.717, 1.165) is 26.1 Å². The van der Waals surface area contributed by atoms with Crippen molar-refractivity contribution in [1.82, 2.24) is 4.90 Å². The van der Waals surface area contributed by atoms with Gasteiger partial charge >= 0.3 is 0 Å². The summed E-state index contributed by atoms with van der Waals surface area (Å²) in [5.74, 6) is 0.339. The van der Waals surface area contributed by atoms with Crippen LogP contribution < -0.4 is 5.73 Å². The average molecular weight is 319 g/mol. The number of hydrogen-bond donors (Lipinski definition) is 1. The first-order chi connectivity index (χ1) is 9.08. The number of carbonyl (C=O) groups excluding carboxylic acids is 1. The molecule has 4 nitrogen and oxygen atoms in total. The first-order valence-electron chi connectivity index (χ1n) is 6.46. The van der Waals surface area contributed by atoms with Crippen LogP contribution in [0, 0.1) is 5.92 Å². The zero-order valence-electron chi connectivity index (χ0n) is 11.5. The van der Waals surface area contributed by atoms with Crippen molar-refractivity contribution in [3.05, 3.63) is 28.8 Å². The Morgan fingerprint density at radius 1 is 1.55 bits per heavy atom. The molecule has 1 aromatic rings. The van der Waals surface area contributed by atoms with Crippen molar-refractivity contribution in [3.63, 3.8) is 0 Å². The van der Waals surface area contributed by atoms with Gasteiger partial charge in [-0.1, -0.05) is 11.6 Å². The van der Waals surface area contributed by atoms with E-state index in [9.17, 15) is 4.79 Å². The summed E-state index contributed by atoms with van der Waals surface area (Å²) in [6.45, 7) is 2.25. The molecule has 1 saturated heterocycles. The van der Waals surface area contributed by atoms with E-state index in [2.05, 4.69) is 0 Å². The van der Waals surface area contributed by atoms with Crippen LogP contribution in [0.3, 0.4) is 0 Å². The van der Waals surface area contributed by atoms with E-state index in [1.54, 1.807) is 30.1 Å². The Kier molecular flexibility index (Phi) is 6.59. The standard InChI is InChI=1S/C14H19ClN2O2.ClH/c1-17(8-10-3-2-6-19-9-10)14(18)12-5-4-11(16)7-13(12)15;/h4-5,7,10H,2-3,6,8-9,16H2,1H3;1H. The van der Waals surface area contributed by atoms with Crippen molar-refractivity contribution in [3.8, 4) is 0 Å². The van der Waals surface area contributed by atoms with E-state index in [0.29, 0.717) is 28.7 Å². The van der Waals surface area contributed by atoms with Gasteiger partial charge in [0.25, 0.3) is 5.91 Å². The van der Waals surface area contributed by atoms with E-state index in [1.165, 1.54) is 0 Å². The summed E-state index contributed by atoms with van der Waals surface area (Å²) < 4.78 is 5.43. The second-order valence-corrected chi connectivity index (χ2v) is 5.42. The average Bonchev–Trinajstić information content (AvgIpc) is 2.39. The summed E-state index contributed by atoms with van der Waals surface area (Å²) in [5.41, 5.74) is 6.68. The highest BCUT2D eigenvalue weighted by molar-refractivity contribution is 6.34. The number of amides is 1. The number of nitrogen functional groups attached to an aromatic ring is 1. The molecule has 0 radical (unpaired) electrons. The maximum Gasteiger partial charge on any atom is 0.255 e. The van der Waals surface area contributed by atoms with Gasteiger partial charge in [0.1, 0.15) is 0 Å². The Morgan fingerprint density at radius 2 is 2.30 bits per heavy atom. The second-order valence-electron chi connectivity index (χ2n) is 5.01. The van der Waals surface area contributed by atoms with Crippen molar-refractivity contribution < 1.29 is 9.53 Å². The van der Waals surface area contributed by atoms with Crippen molar-refractivity contribution >= 4 is 35.6 Å². The molecule has 0 spiro atoms. The van der Waals surface area contributed by atoms with Gasteiger partial charge in [-0.25, -0.2) is 0 Å². The van der Waals surface area contributed by atoms with E-state index in [1.807, 2.05) is 0 Å². The zero-order chi connectivity index (χ0) is 13.8. The minimum absolute atomic E-state index is 0. The lowest BCUT2D eigenvalue weighted by Crippen LogP contribution is -2.35. The van der Waals surface area contributed by atoms with Gasteiger partial charge in [-0.2, -0.15) is 0 Å². The largest absolute Gasteiger partial charge is 0.399 e. The number of rotatable bonds is 3. The third-order valence-corrected chi connectivity index (χ3v) is 3.67. The molecule has 2 N–H and O–H groups in total. The Hall–Kier alpha value is -0.970. The van der Waals surface area contributed by atoms with E-state index >= 15 is 0 Å². The van der Waals surface area contributed by atoms with Crippen molar-refractivity contribution in [2.24, 2.45) is 5.92 Å². The molecular formula is C14H20Cl2N2O2. The molecule has 1 unspecified atom stereocenters. The second kappa shape index (κ2) is 7.72. The molecule has 2 rings (SSSR count). The maximum atomic E-state index is 12.3. The number of hydrogen-bond acceptors (Lipinski definition) is 3. The van der Waals surface area contributed by atoms with Crippen LogP contribution in [0.1, 0.15) is 23.2 Å². The summed E-state index contributed by atoms with van der Waals surface area (Å²) in [6, 6.07) is 4.97. The van der Waals surface area contributed by atoms with Crippen molar-refractivity contribution in [2.45, 2.75) is 12.8 Å². The molecule has 0 saturated carbocycles. The smallest absolute Gasteiger partial charge is 0.255 e. The number of nitrogens with two attached hydrogens (primary N) is 1. The molecule has 20 heavy (non-hydrogen) atoms. The lowest BCUT2D eigenvalue weighted by Gasteiger charge is -2.27. The SMILES string of the molecule is CN(CC1CCCOC1)C(=O)c1ccc(N)cc1Cl.Cl. The van der Waals surface area contributed by atoms with Crippen LogP contribution in [0.5, 0.6) is 0 Å². The van der Waals surface area contributed by atoms with Gasteiger partial charge in [-0.05, 0) is 37.0 Å². The number of halogens is 2. The fourth-order valence-electron chi connectivity index (χ4n) is 2.33. The predicted octanol–water partition coefficient (Wildman–Crippen LogP) is 2.84. The number of ether oxygens (including phenoxy) is 1. The molecule has 0 aromatic heterocycles. The lowest BCUT2D eigenvalue weighted by atomic mass is 10.0. The van der Waals surface area contributed by atoms with Crippen LogP contribution in [0.25, 0.3) is 0 Å². The first-order valence-corrected chi connectivity index (χ1v) is 6.84. The van der Waals surface area contributed by atoms with Crippen LogP contribution in [-0.2, 0) is 4.74 Å². The molecule has 0 bridgehead atoms. The molecule has 0 aliphatic carbocycles. The molecule has 1 aliphatic rings. The summed E-state index contributed by atoms with van der Waals surface area (Å²) in [5, 5.41) is 0.400. The summed E-state index contributed by atoms with van der Waals surface area (Å²) in [4.78, 5) is 14.0. The zero-order valence-corrected chi connectivity index (χ0v) is 13.0. The number of anilines is 1. The summed E-state index contributed by atoms with van der Waals surface area (Å²) in [6.07, 6.45) is 2.17. The van der Waals surface area contributed by atoms with E-state index in [4.69, 9.17) is 22.1 Å². The first kappa shape index (κ1) is 17.1. The molecule has 1 heterocycles. The van der Waals surface area contributed by atoms with Gasteiger partial charge in [-0.15, -0.1) is 12.4 Å². The Bertz CT molecular complexity index is 462. The monoisotopic (exact) mass is 318 g/mol. The predicted molar refractivity (Wildman–Crippen MR) is 83.6 cm³/mol. The number of nitrogens with zero attached hydrogens (tertiary/aromatic N) is 1. The van der Waals surface area contributed by atoms with Gasteiger partial charge in [0.05, 0.1) is 17.2 Å². The quantitative estimate of drug-likeness (QED) is 0.872. The van der Waals surface area contributed by atoms with E-state index < -0.39 is 0 Å². The molecule has 1 aliphatic heterocycles. The lowest BCUT2D eigenvalue weighted by molar-refractivity contribution is 0.0388. The Labute approximate surface area is 130 Å². The molecular weight excluding hydrogens is 299 g/mol. The molecule has 112 valence electrons. The molecule has 1 fully saturated rings. The third kappa shape index (κ3) is 4.27. The van der Waals surface area contributed by atoms with Crippen LogP contribution >= 0.6 is 24.0 Å². The Morgan fingerprint density at radius 3 is 2.90 bits per heavy atom. The van der Waals surface area contributed by atoms with Crippen molar-refractivity contribution in [1.29, 1.82) is 0 Å². The van der Waals surface area contributed by atoms with Crippen LogP contribution in [0.2, 0.25) is 5.02 Å². The normalized spacial score (nSPS) is 18.2. The molecule has 6 heteroatoms. The molecule has 1 aromatic carbocycles. The topological polar surface area (TPSA) is 55.6 Å². The van der Waals surface area contributed by atoms with Crippen LogP contribution in [0.4, 0.5) is 5.69 Å². The minimum atomic E-state index is -0.0735. The van der Waals surface area contributed by atoms with E-state index in [-0.39, 0.29) is 18.3 Å². The third-order valence-electron chi connectivity index (χ3n) is 3.36. The fourth-order valence-corrected chi connectivity index (χ4v) is 2.60. The highest BCUT2D eigenvalue weighted by Gasteiger charge is 2.20. The van der Waals surface area contributed by atoms with Gasteiger partial charge < -0.3 is 15.4 Å². The molecule has 1 amide bonds. The number of carbonyl (C=O) groups is 1. The number of benzene rings is 1. The van der Waals surface area contributed by atoms with Gasteiger partial charge in [0.15, 0.2) is 0 Å². The van der Waals surface area contributed by atoms with Gasteiger partial charge in [-0.3, -0.25) is 4.79 Å². The highest BCUT2D eigenvalue weighted by Crippen LogP contribution is 2.21. The highest BCUT2D eigenvalue weighted by atomic mass is 35.5. The van der Waals surface area contributed by atoms with Crippen LogP contribution in [-0.4, -0.2) is 37.6 Å². The fraction of sp³-hybridized carbons (Fsp3) is 0.500. The Balaban J connectivity index is 0.00000200. The van der Waals surface area contributed by atoms with Gasteiger partial charge in [0.2, 0.25) is 0 Å².